The highest BCUT2D eigenvalue weighted by molar-refractivity contribution is 5.94. The highest BCUT2D eigenvalue weighted by Gasteiger charge is 2.12. The lowest BCUT2D eigenvalue weighted by molar-refractivity contribution is 0.0951. The fourth-order valence-electron chi connectivity index (χ4n) is 3.44. The second kappa shape index (κ2) is 8.16. The normalized spacial score (nSPS) is 14.1. The third-order valence-electron chi connectivity index (χ3n) is 5.00. The molecule has 1 aliphatic heterocycles. The summed E-state index contributed by atoms with van der Waals surface area (Å²) in [5.74, 6) is 0.898. The van der Waals surface area contributed by atoms with Crippen LogP contribution in [-0.4, -0.2) is 44.2 Å². The first-order valence-corrected chi connectivity index (χ1v) is 9.53. The van der Waals surface area contributed by atoms with Crippen molar-refractivity contribution >= 4 is 11.7 Å². The average molecular weight is 377 g/mol. The number of pyridine rings is 1. The van der Waals surface area contributed by atoms with Gasteiger partial charge in [-0.05, 0) is 72.0 Å². The molecule has 8 heteroatoms. The molecule has 1 amide bonds. The summed E-state index contributed by atoms with van der Waals surface area (Å²) in [6, 6.07) is 9.53. The van der Waals surface area contributed by atoms with Crippen LogP contribution in [0.3, 0.4) is 0 Å². The van der Waals surface area contributed by atoms with Gasteiger partial charge in [-0.1, -0.05) is 6.07 Å². The Balaban J connectivity index is 1.37. The van der Waals surface area contributed by atoms with Crippen LogP contribution in [-0.2, 0) is 6.54 Å². The van der Waals surface area contributed by atoms with E-state index in [4.69, 9.17) is 0 Å². The van der Waals surface area contributed by atoms with Crippen molar-refractivity contribution in [3.8, 4) is 5.69 Å². The lowest BCUT2D eigenvalue weighted by Crippen LogP contribution is -2.30. The maximum absolute atomic E-state index is 12.5. The molecule has 0 saturated carbocycles. The van der Waals surface area contributed by atoms with Gasteiger partial charge >= 0.3 is 0 Å². The van der Waals surface area contributed by atoms with Gasteiger partial charge < -0.3 is 10.2 Å². The summed E-state index contributed by atoms with van der Waals surface area (Å²) < 4.78 is 1.58. The number of anilines is 1. The zero-order valence-corrected chi connectivity index (χ0v) is 15.9. The Bertz CT molecular complexity index is 932. The first-order valence-electron chi connectivity index (χ1n) is 9.53. The van der Waals surface area contributed by atoms with Crippen molar-refractivity contribution in [3.63, 3.8) is 0 Å². The molecule has 1 N–H and O–H groups in total. The summed E-state index contributed by atoms with van der Waals surface area (Å²) >= 11 is 0. The fraction of sp³-hybridized carbons (Fsp3) is 0.350. The van der Waals surface area contributed by atoms with Crippen LogP contribution in [0.15, 0.2) is 42.9 Å². The van der Waals surface area contributed by atoms with Gasteiger partial charge in [-0.3, -0.25) is 4.79 Å². The molecule has 144 valence electrons. The topological polar surface area (TPSA) is 88.8 Å². The highest BCUT2D eigenvalue weighted by Crippen LogP contribution is 2.18. The van der Waals surface area contributed by atoms with E-state index in [-0.39, 0.29) is 5.91 Å². The highest BCUT2D eigenvalue weighted by atomic mass is 16.1. The quantitative estimate of drug-likeness (QED) is 0.734. The van der Waals surface area contributed by atoms with E-state index < -0.39 is 0 Å². The summed E-state index contributed by atoms with van der Waals surface area (Å²) in [4.78, 5) is 19.4. The molecule has 1 aliphatic rings. The zero-order chi connectivity index (χ0) is 19.3. The average Bonchev–Trinajstić information content (AvgIpc) is 3.27. The Morgan fingerprint density at radius 1 is 1.14 bits per heavy atom. The Kier molecular flexibility index (Phi) is 5.27. The van der Waals surface area contributed by atoms with E-state index in [2.05, 4.69) is 30.7 Å². The summed E-state index contributed by atoms with van der Waals surface area (Å²) in [7, 11) is 0. The molecule has 2 aromatic heterocycles. The van der Waals surface area contributed by atoms with Crippen molar-refractivity contribution in [3.05, 3.63) is 59.5 Å². The van der Waals surface area contributed by atoms with Gasteiger partial charge in [0.1, 0.15) is 12.1 Å². The molecule has 0 aliphatic carbocycles. The Hall–Kier alpha value is -3.29. The van der Waals surface area contributed by atoms with Gasteiger partial charge in [-0.2, -0.15) is 0 Å². The first kappa shape index (κ1) is 18.1. The molecule has 3 heterocycles. The molecule has 0 atom stereocenters. The number of carbonyl (C=O) groups is 1. The maximum Gasteiger partial charge on any atom is 0.251 e. The van der Waals surface area contributed by atoms with Crippen LogP contribution in [0.5, 0.6) is 0 Å². The van der Waals surface area contributed by atoms with Crippen LogP contribution in [0.2, 0.25) is 0 Å². The van der Waals surface area contributed by atoms with Gasteiger partial charge in [0.05, 0.1) is 5.69 Å². The number of amides is 1. The minimum absolute atomic E-state index is 0.119. The van der Waals surface area contributed by atoms with Crippen LogP contribution in [0.1, 0.15) is 40.7 Å². The molecule has 28 heavy (non-hydrogen) atoms. The molecule has 0 unspecified atom stereocenters. The molecule has 4 rings (SSSR count). The second-order valence-electron chi connectivity index (χ2n) is 7.01. The number of hydrogen-bond acceptors (Lipinski definition) is 6. The summed E-state index contributed by atoms with van der Waals surface area (Å²) in [6.45, 7) is 4.52. The van der Waals surface area contributed by atoms with E-state index >= 15 is 0 Å². The lowest BCUT2D eigenvalue weighted by atomic mass is 10.1. The Morgan fingerprint density at radius 2 is 2.00 bits per heavy atom. The summed E-state index contributed by atoms with van der Waals surface area (Å²) in [5.41, 5.74) is 3.36. The van der Waals surface area contributed by atoms with Crippen molar-refractivity contribution in [2.75, 3.05) is 18.0 Å². The number of carbonyl (C=O) groups excluding carboxylic acids is 1. The SMILES string of the molecule is Cc1cc(C(=O)NCc2ccc(N3CCCCC3)nc2)ccc1-n1cnnn1. The number of hydrogen-bond donors (Lipinski definition) is 1. The zero-order valence-electron chi connectivity index (χ0n) is 15.9. The molecule has 1 aromatic carbocycles. The van der Waals surface area contributed by atoms with Crippen molar-refractivity contribution < 1.29 is 4.79 Å². The monoisotopic (exact) mass is 377 g/mol. The van der Waals surface area contributed by atoms with E-state index in [9.17, 15) is 4.79 Å². The molecule has 8 nitrogen and oxygen atoms in total. The van der Waals surface area contributed by atoms with Crippen molar-refractivity contribution in [1.82, 2.24) is 30.5 Å². The molecule has 1 fully saturated rings. The maximum atomic E-state index is 12.5. The number of piperidine rings is 1. The number of aromatic nitrogens is 5. The van der Waals surface area contributed by atoms with Gasteiger partial charge in [0.2, 0.25) is 0 Å². The summed E-state index contributed by atoms with van der Waals surface area (Å²) in [5, 5.41) is 14.1. The standard InChI is InChI=1S/C20H23N7O/c1-15-11-17(6-7-18(15)27-14-23-24-25-27)20(28)22-13-16-5-8-19(21-12-16)26-9-3-2-4-10-26/h5-8,11-12,14H,2-4,9-10,13H2,1H3,(H,22,28). The molecule has 0 bridgehead atoms. The van der Waals surface area contributed by atoms with Gasteiger partial charge in [0.25, 0.3) is 5.91 Å². The molecule has 3 aromatic rings. The number of tetrazole rings is 1. The van der Waals surface area contributed by atoms with Crippen LogP contribution >= 0.6 is 0 Å². The molecule has 0 radical (unpaired) electrons. The van der Waals surface area contributed by atoms with Crippen LogP contribution in [0.4, 0.5) is 5.82 Å². The van der Waals surface area contributed by atoms with E-state index in [1.807, 2.05) is 37.4 Å². The number of rotatable bonds is 5. The molecule has 1 saturated heterocycles. The van der Waals surface area contributed by atoms with E-state index in [1.165, 1.54) is 25.6 Å². The number of benzene rings is 1. The Labute approximate surface area is 163 Å². The fourth-order valence-corrected chi connectivity index (χ4v) is 3.44. The smallest absolute Gasteiger partial charge is 0.251 e. The van der Waals surface area contributed by atoms with Gasteiger partial charge in [0, 0.05) is 31.4 Å². The van der Waals surface area contributed by atoms with Crippen molar-refractivity contribution in [2.45, 2.75) is 32.7 Å². The number of nitrogens with zero attached hydrogens (tertiary/aromatic N) is 6. The van der Waals surface area contributed by atoms with E-state index in [0.29, 0.717) is 12.1 Å². The largest absolute Gasteiger partial charge is 0.357 e. The summed E-state index contributed by atoms with van der Waals surface area (Å²) in [6.07, 6.45) is 7.13. The van der Waals surface area contributed by atoms with Gasteiger partial charge in [-0.25, -0.2) is 9.67 Å². The first-order chi connectivity index (χ1) is 13.7. The minimum atomic E-state index is -0.119. The minimum Gasteiger partial charge on any atom is -0.357 e. The lowest BCUT2D eigenvalue weighted by Gasteiger charge is -2.27. The second-order valence-corrected chi connectivity index (χ2v) is 7.01. The van der Waals surface area contributed by atoms with Crippen molar-refractivity contribution in [2.24, 2.45) is 0 Å². The van der Waals surface area contributed by atoms with Gasteiger partial charge in [0.15, 0.2) is 0 Å². The number of nitrogens with one attached hydrogen (secondary N) is 1. The van der Waals surface area contributed by atoms with Crippen LogP contribution in [0, 0.1) is 6.92 Å². The van der Waals surface area contributed by atoms with Crippen LogP contribution in [0.25, 0.3) is 5.69 Å². The number of aryl methyl sites for hydroxylation is 1. The molecule has 0 spiro atoms. The van der Waals surface area contributed by atoms with E-state index in [1.54, 1.807) is 10.7 Å². The predicted molar refractivity (Wildman–Crippen MR) is 105 cm³/mol. The third-order valence-corrected chi connectivity index (χ3v) is 5.00. The van der Waals surface area contributed by atoms with Crippen LogP contribution < -0.4 is 10.2 Å². The van der Waals surface area contributed by atoms with Gasteiger partial charge in [-0.15, -0.1) is 5.10 Å². The molecular weight excluding hydrogens is 354 g/mol. The van der Waals surface area contributed by atoms with E-state index in [0.717, 1.165) is 35.7 Å². The van der Waals surface area contributed by atoms with Crippen molar-refractivity contribution in [1.29, 1.82) is 0 Å². The molecular formula is C20H23N7O. The Morgan fingerprint density at radius 3 is 2.68 bits per heavy atom. The third kappa shape index (κ3) is 4.00. The predicted octanol–water partition coefficient (Wildman–Crippen LogP) is 2.29.